The van der Waals surface area contributed by atoms with Gasteiger partial charge in [0, 0.05) is 17.5 Å². The first-order valence-electron chi connectivity index (χ1n) is 12.5. The van der Waals surface area contributed by atoms with E-state index in [0.29, 0.717) is 24.7 Å². The number of nitrogens with zero attached hydrogens (tertiary/aromatic N) is 2. The Morgan fingerprint density at radius 2 is 1.81 bits per heavy atom. The topological polar surface area (TPSA) is 59.1 Å². The predicted octanol–water partition coefficient (Wildman–Crippen LogP) is 5.13. The normalized spacial score (nSPS) is 15.6. The number of thiophene rings is 1. The third-order valence-electron chi connectivity index (χ3n) is 6.83. The van der Waals surface area contributed by atoms with E-state index in [1.165, 1.54) is 4.88 Å². The van der Waals surface area contributed by atoms with Crippen LogP contribution in [0.5, 0.6) is 11.5 Å². The van der Waals surface area contributed by atoms with E-state index in [4.69, 9.17) is 9.47 Å². The largest absolute Gasteiger partial charge is 0.493 e. The number of fused-ring (bicyclic) bond motifs is 1. The molecule has 190 valence electrons. The average Bonchev–Trinajstić information content (AvgIpc) is 3.39. The fourth-order valence-electron chi connectivity index (χ4n) is 4.60. The smallest absolute Gasteiger partial charge is 0.242 e. The average molecular weight is 507 g/mol. The van der Waals surface area contributed by atoms with Crippen molar-refractivity contribution in [2.45, 2.75) is 45.2 Å². The molecule has 0 saturated carbocycles. The summed E-state index contributed by atoms with van der Waals surface area (Å²) in [6.07, 6.45) is 1.88. The standard InChI is InChI=1S/C29H34N2O4S/c1-4-21(2)31(28(32)18-22-10-6-5-7-11-22)19-29(33)30-16-14-27-23(15-17-36-27)24(30)20-35-26-13-9-8-12-25(26)34-3/h5-13,15,17,21,24H,4,14,16,18-20H2,1-3H3/t21-,24+/m0/s1. The van der Waals surface area contributed by atoms with E-state index in [-0.39, 0.29) is 36.9 Å². The van der Waals surface area contributed by atoms with E-state index >= 15 is 0 Å². The van der Waals surface area contributed by atoms with Crippen LogP contribution < -0.4 is 9.47 Å². The van der Waals surface area contributed by atoms with Crippen LogP contribution in [-0.2, 0) is 22.4 Å². The molecule has 2 heterocycles. The van der Waals surface area contributed by atoms with Crippen molar-refractivity contribution in [1.29, 1.82) is 0 Å². The summed E-state index contributed by atoms with van der Waals surface area (Å²) in [6, 6.07) is 19.1. The van der Waals surface area contributed by atoms with Gasteiger partial charge in [-0.25, -0.2) is 0 Å². The molecule has 1 aromatic heterocycles. The zero-order chi connectivity index (χ0) is 25.5. The molecule has 2 atom stereocenters. The minimum atomic E-state index is -0.222. The first-order chi connectivity index (χ1) is 17.5. The van der Waals surface area contributed by atoms with E-state index in [1.807, 2.05) is 73.3 Å². The molecule has 2 amide bonds. The van der Waals surface area contributed by atoms with Gasteiger partial charge in [0.25, 0.3) is 0 Å². The third-order valence-corrected chi connectivity index (χ3v) is 7.82. The van der Waals surface area contributed by atoms with Crippen LogP contribution in [0.3, 0.4) is 0 Å². The lowest BCUT2D eigenvalue weighted by molar-refractivity contribution is -0.144. The number of hydrogen-bond acceptors (Lipinski definition) is 5. The number of rotatable bonds is 10. The maximum atomic E-state index is 13.7. The molecule has 0 N–H and O–H groups in total. The first-order valence-corrected chi connectivity index (χ1v) is 13.3. The van der Waals surface area contributed by atoms with Crippen LogP contribution in [0.25, 0.3) is 0 Å². The zero-order valence-corrected chi connectivity index (χ0v) is 22.0. The second-order valence-corrected chi connectivity index (χ2v) is 10.1. The highest BCUT2D eigenvalue weighted by Gasteiger charge is 2.34. The summed E-state index contributed by atoms with van der Waals surface area (Å²) in [4.78, 5) is 31.9. The minimum Gasteiger partial charge on any atom is -0.493 e. The lowest BCUT2D eigenvalue weighted by Crippen LogP contribution is -2.50. The van der Waals surface area contributed by atoms with Crippen LogP contribution in [0, 0.1) is 0 Å². The third kappa shape index (κ3) is 5.90. The predicted molar refractivity (Wildman–Crippen MR) is 143 cm³/mol. The molecule has 0 fully saturated rings. The number of carbonyl (C=O) groups excluding carboxylic acids is 2. The summed E-state index contributed by atoms with van der Waals surface area (Å²) in [5, 5.41) is 2.07. The van der Waals surface area contributed by atoms with E-state index < -0.39 is 0 Å². The van der Waals surface area contributed by atoms with Crippen molar-refractivity contribution in [2.75, 3.05) is 26.8 Å². The number of hydrogen-bond donors (Lipinski definition) is 0. The van der Waals surface area contributed by atoms with E-state index in [0.717, 1.165) is 24.0 Å². The van der Waals surface area contributed by atoms with Gasteiger partial charge in [-0.15, -0.1) is 11.3 Å². The zero-order valence-electron chi connectivity index (χ0n) is 21.2. The van der Waals surface area contributed by atoms with Crippen LogP contribution in [0.1, 0.15) is 42.3 Å². The van der Waals surface area contributed by atoms with Gasteiger partial charge in [0.1, 0.15) is 13.2 Å². The van der Waals surface area contributed by atoms with Gasteiger partial charge in [0.05, 0.1) is 19.6 Å². The van der Waals surface area contributed by atoms with Gasteiger partial charge in [-0.05, 0) is 54.5 Å². The Morgan fingerprint density at radius 1 is 1.08 bits per heavy atom. The van der Waals surface area contributed by atoms with Crippen LogP contribution in [-0.4, -0.2) is 54.5 Å². The van der Waals surface area contributed by atoms with Crippen molar-refractivity contribution < 1.29 is 19.1 Å². The number of benzene rings is 2. The van der Waals surface area contributed by atoms with E-state index in [2.05, 4.69) is 11.4 Å². The van der Waals surface area contributed by atoms with Crippen molar-refractivity contribution in [3.8, 4) is 11.5 Å². The highest BCUT2D eigenvalue weighted by atomic mass is 32.1. The molecule has 6 nitrogen and oxygen atoms in total. The highest BCUT2D eigenvalue weighted by Crippen LogP contribution is 2.35. The summed E-state index contributed by atoms with van der Waals surface area (Å²) in [5.74, 6) is 1.22. The molecule has 0 bridgehead atoms. The Labute approximate surface area is 217 Å². The molecular weight excluding hydrogens is 472 g/mol. The van der Waals surface area contributed by atoms with Gasteiger partial charge in [-0.3, -0.25) is 9.59 Å². The van der Waals surface area contributed by atoms with Crippen LogP contribution in [0.2, 0.25) is 0 Å². The molecule has 0 spiro atoms. The summed E-state index contributed by atoms with van der Waals surface area (Å²) in [5.41, 5.74) is 2.08. The summed E-state index contributed by atoms with van der Waals surface area (Å²) >= 11 is 1.72. The van der Waals surface area contributed by atoms with Gasteiger partial charge in [-0.1, -0.05) is 49.4 Å². The molecule has 1 aliphatic heterocycles. The maximum Gasteiger partial charge on any atom is 0.242 e. The minimum absolute atomic E-state index is 0.0287. The van der Waals surface area contributed by atoms with Crippen LogP contribution in [0.15, 0.2) is 66.0 Å². The Morgan fingerprint density at radius 3 is 2.53 bits per heavy atom. The van der Waals surface area contributed by atoms with Crippen molar-refractivity contribution in [1.82, 2.24) is 9.80 Å². The van der Waals surface area contributed by atoms with Gasteiger partial charge in [0.2, 0.25) is 11.8 Å². The molecule has 3 aromatic rings. The highest BCUT2D eigenvalue weighted by molar-refractivity contribution is 7.10. The number of ether oxygens (including phenoxy) is 2. The Hall–Kier alpha value is -3.32. The fourth-order valence-corrected chi connectivity index (χ4v) is 5.53. The molecule has 0 aliphatic carbocycles. The Kier molecular flexibility index (Phi) is 8.65. The number of amides is 2. The summed E-state index contributed by atoms with van der Waals surface area (Å²) in [7, 11) is 1.62. The number of methoxy groups -OCH3 is 1. The molecule has 0 saturated heterocycles. The van der Waals surface area contributed by atoms with E-state index in [1.54, 1.807) is 23.3 Å². The van der Waals surface area contributed by atoms with Gasteiger partial charge in [-0.2, -0.15) is 0 Å². The SMILES string of the molecule is CC[C@H](C)N(CC(=O)N1CCc2sccc2[C@H]1COc1ccccc1OC)C(=O)Cc1ccccc1. The van der Waals surface area contributed by atoms with E-state index in [9.17, 15) is 9.59 Å². The van der Waals surface area contributed by atoms with Crippen molar-refractivity contribution in [3.05, 3.63) is 82.0 Å². The number of para-hydroxylation sites is 2. The molecular formula is C29H34N2O4S. The second kappa shape index (κ2) is 12.1. The lowest BCUT2D eigenvalue weighted by atomic mass is 10.00. The molecule has 7 heteroatoms. The molecule has 2 aromatic carbocycles. The first kappa shape index (κ1) is 25.8. The number of carbonyl (C=O) groups is 2. The fraction of sp³-hybridized carbons (Fsp3) is 0.379. The van der Waals surface area contributed by atoms with Crippen LogP contribution in [0.4, 0.5) is 0 Å². The summed E-state index contributed by atoms with van der Waals surface area (Å²) in [6.45, 7) is 5.03. The Bertz CT molecular complexity index is 1160. The monoisotopic (exact) mass is 506 g/mol. The molecule has 36 heavy (non-hydrogen) atoms. The van der Waals surface area contributed by atoms with Gasteiger partial charge in [0.15, 0.2) is 11.5 Å². The van der Waals surface area contributed by atoms with Crippen molar-refractivity contribution in [3.63, 3.8) is 0 Å². The quantitative estimate of drug-likeness (QED) is 0.383. The van der Waals surface area contributed by atoms with Crippen molar-refractivity contribution in [2.24, 2.45) is 0 Å². The lowest BCUT2D eigenvalue weighted by Gasteiger charge is -2.38. The molecule has 4 rings (SSSR count). The molecule has 0 unspecified atom stereocenters. The molecule has 0 radical (unpaired) electrons. The Balaban J connectivity index is 1.52. The molecule has 1 aliphatic rings. The van der Waals surface area contributed by atoms with Crippen LogP contribution >= 0.6 is 11.3 Å². The van der Waals surface area contributed by atoms with Gasteiger partial charge >= 0.3 is 0 Å². The second-order valence-electron chi connectivity index (χ2n) is 9.06. The van der Waals surface area contributed by atoms with Gasteiger partial charge < -0.3 is 19.3 Å². The summed E-state index contributed by atoms with van der Waals surface area (Å²) < 4.78 is 11.6. The maximum absolute atomic E-state index is 13.7. The van der Waals surface area contributed by atoms with Crippen molar-refractivity contribution >= 4 is 23.2 Å².